The summed E-state index contributed by atoms with van der Waals surface area (Å²) in [5.74, 6) is 0.513. The number of benzene rings is 1. The second-order valence-electron chi connectivity index (χ2n) is 5.75. The molecule has 6 heteroatoms. The van der Waals surface area contributed by atoms with E-state index < -0.39 is 0 Å². The molecular weight excluding hydrogens is 282 g/mol. The maximum Gasteiger partial charge on any atom is 0.278 e. The molecule has 1 aliphatic rings. The van der Waals surface area contributed by atoms with Crippen molar-refractivity contribution in [2.45, 2.75) is 19.4 Å². The minimum Gasteiger partial charge on any atom is -0.379 e. The van der Waals surface area contributed by atoms with Crippen LogP contribution in [0.3, 0.4) is 0 Å². The number of hydrogen-bond donors (Lipinski definition) is 0. The molecule has 116 valence electrons. The Morgan fingerprint density at radius 1 is 1.41 bits per heavy atom. The molecule has 0 spiro atoms. The van der Waals surface area contributed by atoms with Crippen molar-refractivity contribution < 1.29 is 9.66 Å². The van der Waals surface area contributed by atoms with E-state index in [1.54, 1.807) is 37.6 Å². The first-order valence-electron chi connectivity index (χ1n) is 7.41. The predicted octanol–water partition coefficient (Wildman–Crippen LogP) is 3.00. The molecule has 2 aromatic rings. The number of piperidine rings is 1. The van der Waals surface area contributed by atoms with Crippen LogP contribution in [0.15, 0.2) is 30.5 Å². The summed E-state index contributed by atoms with van der Waals surface area (Å²) in [6.07, 6.45) is 2.88. The van der Waals surface area contributed by atoms with E-state index in [0.29, 0.717) is 16.8 Å². The lowest BCUT2D eigenvalue weighted by molar-refractivity contribution is -0.383. The molecule has 22 heavy (non-hydrogen) atoms. The quantitative estimate of drug-likeness (QED) is 0.644. The van der Waals surface area contributed by atoms with Crippen LogP contribution in [0.4, 0.5) is 11.4 Å². The number of nitro benzene ring substituents is 1. The Hall–Kier alpha value is -2.21. The van der Waals surface area contributed by atoms with Gasteiger partial charge in [-0.15, -0.1) is 0 Å². The SMILES string of the molecule is COC1CN(c2ccc([N+](=O)[O-])c3cccnc23)CCC1C. The summed E-state index contributed by atoms with van der Waals surface area (Å²) >= 11 is 0. The van der Waals surface area contributed by atoms with Crippen molar-refractivity contribution in [1.82, 2.24) is 4.98 Å². The first-order chi connectivity index (χ1) is 10.6. The van der Waals surface area contributed by atoms with Crippen molar-refractivity contribution in [1.29, 1.82) is 0 Å². The van der Waals surface area contributed by atoms with Crippen LogP contribution >= 0.6 is 0 Å². The van der Waals surface area contributed by atoms with Crippen molar-refractivity contribution in [3.8, 4) is 0 Å². The second kappa shape index (κ2) is 5.88. The first-order valence-corrected chi connectivity index (χ1v) is 7.41. The van der Waals surface area contributed by atoms with Crippen LogP contribution in [0.5, 0.6) is 0 Å². The van der Waals surface area contributed by atoms with Crippen molar-refractivity contribution in [3.63, 3.8) is 0 Å². The topological polar surface area (TPSA) is 68.5 Å². The molecule has 1 fully saturated rings. The summed E-state index contributed by atoms with van der Waals surface area (Å²) in [5.41, 5.74) is 1.72. The Labute approximate surface area is 128 Å². The lowest BCUT2D eigenvalue weighted by Gasteiger charge is -2.37. The molecule has 0 aliphatic carbocycles. The monoisotopic (exact) mass is 301 g/mol. The van der Waals surface area contributed by atoms with Crippen molar-refractivity contribution >= 4 is 22.3 Å². The van der Waals surface area contributed by atoms with Crippen LogP contribution in [-0.4, -0.2) is 36.2 Å². The average Bonchev–Trinajstić information content (AvgIpc) is 2.54. The van der Waals surface area contributed by atoms with E-state index in [1.165, 1.54) is 0 Å². The number of methoxy groups -OCH3 is 1. The average molecular weight is 301 g/mol. The standard InChI is InChI=1S/C16H19N3O3/c1-11-7-9-18(10-15(11)22-2)14-6-5-13(19(20)21)12-4-3-8-17-16(12)14/h3-6,8,11,15H,7,9-10H2,1-2H3. The Morgan fingerprint density at radius 3 is 2.95 bits per heavy atom. The molecule has 1 aliphatic heterocycles. The fourth-order valence-corrected chi connectivity index (χ4v) is 3.12. The molecule has 1 aromatic carbocycles. The highest BCUT2D eigenvalue weighted by Gasteiger charge is 2.28. The van der Waals surface area contributed by atoms with E-state index >= 15 is 0 Å². The number of fused-ring (bicyclic) bond motifs is 1. The number of anilines is 1. The number of nitrogens with zero attached hydrogens (tertiary/aromatic N) is 3. The number of pyridine rings is 1. The number of non-ortho nitro benzene ring substituents is 1. The maximum atomic E-state index is 11.2. The van der Waals surface area contributed by atoms with E-state index in [9.17, 15) is 10.1 Å². The van der Waals surface area contributed by atoms with Gasteiger partial charge in [-0.1, -0.05) is 6.92 Å². The van der Waals surface area contributed by atoms with Gasteiger partial charge in [0.25, 0.3) is 5.69 Å². The van der Waals surface area contributed by atoms with Gasteiger partial charge in [0.15, 0.2) is 0 Å². The molecule has 1 aromatic heterocycles. The van der Waals surface area contributed by atoms with Gasteiger partial charge in [0, 0.05) is 32.5 Å². The Balaban J connectivity index is 2.05. The minimum absolute atomic E-state index is 0.0977. The van der Waals surface area contributed by atoms with Crippen LogP contribution < -0.4 is 4.90 Å². The van der Waals surface area contributed by atoms with Crippen molar-refractivity contribution in [2.24, 2.45) is 5.92 Å². The lowest BCUT2D eigenvalue weighted by Crippen LogP contribution is -2.44. The highest BCUT2D eigenvalue weighted by Crippen LogP contribution is 2.34. The fraction of sp³-hybridized carbons (Fsp3) is 0.438. The summed E-state index contributed by atoms with van der Waals surface area (Å²) in [6, 6.07) is 6.86. The third-order valence-electron chi connectivity index (χ3n) is 4.45. The van der Waals surface area contributed by atoms with Crippen LogP contribution in [0, 0.1) is 16.0 Å². The van der Waals surface area contributed by atoms with E-state index in [0.717, 1.165) is 25.2 Å². The van der Waals surface area contributed by atoms with Crippen LogP contribution in [0.25, 0.3) is 10.9 Å². The van der Waals surface area contributed by atoms with E-state index in [2.05, 4.69) is 16.8 Å². The van der Waals surface area contributed by atoms with Crippen LogP contribution in [0.1, 0.15) is 13.3 Å². The second-order valence-corrected chi connectivity index (χ2v) is 5.75. The van der Waals surface area contributed by atoms with Crippen LogP contribution in [0.2, 0.25) is 0 Å². The Bertz CT molecular complexity index is 704. The summed E-state index contributed by atoms with van der Waals surface area (Å²) < 4.78 is 5.56. The van der Waals surface area contributed by atoms with Gasteiger partial charge in [-0.05, 0) is 30.5 Å². The lowest BCUT2D eigenvalue weighted by atomic mass is 9.95. The number of nitro groups is 1. The molecule has 0 radical (unpaired) electrons. The molecule has 0 bridgehead atoms. The maximum absolute atomic E-state index is 11.2. The number of rotatable bonds is 3. The first kappa shape index (κ1) is 14.7. The molecule has 2 atom stereocenters. The van der Waals surface area contributed by atoms with Gasteiger partial charge in [-0.25, -0.2) is 0 Å². The van der Waals surface area contributed by atoms with E-state index in [1.807, 2.05) is 0 Å². The van der Waals surface area contributed by atoms with E-state index in [4.69, 9.17) is 4.74 Å². The molecule has 2 heterocycles. The zero-order valence-electron chi connectivity index (χ0n) is 12.7. The van der Waals surface area contributed by atoms with Gasteiger partial charge < -0.3 is 9.64 Å². The number of hydrogen-bond acceptors (Lipinski definition) is 5. The van der Waals surface area contributed by atoms with Gasteiger partial charge >= 0.3 is 0 Å². The summed E-state index contributed by atoms with van der Waals surface area (Å²) in [5, 5.41) is 11.8. The van der Waals surface area contributed by atoms with Gasteiger partial charge in [0.1, 0.15) is 5.52 Å². The van der Waals surface area contributed by atoms with Gasteiger partial charge in [-0.2, -0.15) is 0 Å². The van der Waals surface area contributed by atoms with Gasteiger partial charge in [0.05, 0.1) is 22.1 Å². The largest absolute Gasteiger partial charge is 0.379 e. The zero-order chi connectivity index (χ0) is 15.7. The van der Waals surface area contributed by atoms with E-state index in [-0.39, 0.29) is 16.7 Å². The molecule has 0 N–H and O–H groups in total. The highest BCUT2D eigenvalue weighted by atomic mass is 16.6. The Morgan fingerprint density at radius 2 is 2.23 bits per heavy atom. The molecule has 0 amide bonds. The minimum atomic E-state index is -0.357. The number of ether oxygens (including phenoxy) is 1. The molecule has 1 saturated heterocycles. The van der Waals surface area contributed by atoms with Gasteiger partial charge in [0.2, 0.25) is 0 Å². The smallest absolute Gasteiger partial charge is 0.278 e. The highest BCUT2D eigenvalue weighted by molar-refractivity contribution is 5.97. The Kier molecular flexibility index (Phi) is 3.94. The van der Waals surface area contributed by atoms with Crippen molar-refractivity contribution in [3.05, 3.63) is 40.6 Å². The summed E-state index contributed by atoms with van der Waals surface area (Å²) in [6.45, 7) is 3.88. The van der Waals surface area contributed by atoms with Gasteiger partial charge in [-0.3, -0.25) is 15.1 Å². The summed E-state index contributed by atoms with van der Waals surface area (Å²) in [7, 11) is 1.73. The van der Waals surface area contributed by atoms with Crippen LogP contribution in [-0.2, 0) is 4.74 Å². The molecule has 0 saturated carbocycles. The zero-order valence-corrected chi connectivity index (χ0v) is 12.7. The summed E-state index contributed by atoms with van der Waals surface area (Å²) in [4.78, 5) is 17.4. The predicted molar refractivity (Wildman–Crippen MR) is 85.2 cm³/mol. The molecular formula is C16H19N3O3. The van der Waals surface area contributed by atoms with Crippen molar-refractivity contribution in [2.75, 3.05) is 25.1 Å². The fourth-order valence-electron chi connectivity index (χ4n) is 3.12. The normalized spacial score (nSPS) is 22.0. The molecule has 2 unspecified atom stereocenters. The third kappa shape index (κ3) is 2.50. The number of aromatic nitrogens is 1. The third-order valence-corrected chi connectivity index (χ3v) is 4.45. The molecule has 6 nitrogen and oxygen atoms in total. The molecule has 3 rings (SSSR count).